The first-order chi connectivity index (χ1) is 9.95. The van der Waals surface area contributed by atoms with Crippen LogP contribution in [0.15, 0.2) is 6.07 Å². The molecule has 6 nitrogen and oxygen atoms in total. The fourth-order valence-corrected chi connectivity index (χ4v) is 4.40. The molecule has 1 aliphatic rings. The van der Waals surface area contributed by atoms with Crippen molar-refractivity contribution in [3.63, 3.8) is 0 Å². The van der Waals surface area contributed by atoms with Crippen molar-refractivity contribution < 1.29 is 8.42 Å². The second-order valence-corrected chi connectivity index (χ2v) is 7.66. The lowest BCUT2D eigenvalue weighted by molar-refractivity contribution is 0.599. The van der Waals surface area contributed by atoms with Gasteiger partial charge in [-0.1, -0.05) is 6.92 Å². The zero-order chi connectivity index (χ0) is 15.5. The number of rotatable bonds is 6. The van der Waals surface area contributed by atoms with E-state index >= 15 is 0 Å². The highest BCUT2D eigenvalue weighted by Crippen LogP contribution is 2.24. The Bertz CT molecular complexity index is 589. The summed E-state index contributed by atoms with van der Waals surface area (Å²) in [7, 11) is -2.89. The van der Waals surface area contributed by atoms with Crippen molar-refractivity contribution in [3.8, 4) is 0 Å². The molecule has 21 heavy (non-hydrogen) atoms. The predicted molar refractivity (Wildman–Crippen MR) is 85.6 cm³/mol. The van der Waals surface area contributed by atoms with Crippen LogP contribution in [-0.2, 0) is 9.84 Å². The lowest BCUT2D eigenvalue weighted by Crippen LogP contribution is -2.37. The monoisotopic (exact) mass is 312 g/mol. The van der Waals surface area contributed by atoms with E-state index in [1.165, 1.54) is 0 Å². The van der Waals surface area contributed by atoms with Gasteiger partial charge < -0.3 is 10.2 Å². The molecule has 0 bridgehead atoms. The molecule has 1 aliphatic heterocycles. The molecular formula is C14H24N4O2S. The van der Waals surface area contributed by atoms with Crippen molar-refractivity contribution >= 4 is 21.5 Å². The summed E-state index contributed by atoms with van der Waals surface area (Å²) in [4.78, 5) is 10.9. The molecule has 7 heteroatoms. The maximum atomic E-state index is 11.7. The third-order valence-electron chi connectivity index (χ3n) is 3.66. The lowest BCUT2D eigenvalue weighted by atomic mass is 10.2. The van der Waals surface area contributed by atoms with Crippen LogP contribution >= 0.6 is 0 Å². The van der Waals surface area contributed by atoms with E-state index in [9.17, 15) is 8.42 Å². The Morgan fingerprint density at radius 2 is 2.14 bits per heavy atom. The Hall–Kier alpha value is -1.37. The lowest BCUT2D eigenvalue weighted by Gasteiger charge is -2.28. The minimum Gasteiger partial charge on any atom is -0.370 e. The summed E-state index contributed by atoms with van der Waals surface area (Å²) in [5.41, 5.74) is 0. The van der Waals surface area contributed by atoms with E-state index in [1.54, 1.807) is 0 Å². The maximum Gasteiger partial charge on any atom is 0.152 e. The average Bonchev–Trinajstić information content (AvgIpc) is 2.77. The molecule has 1 atom stereocenters. The van der Waals surface area contributed by atoms with Gasteiger partial charge in [0.2, 0.25) is 0 Å². The molecule has 1 unspecified atom stereocenters. The summed E-state index contributed by atoms with van der Waals surface area (Å²) in [6, 6.07) is 1.94. The van der Waals surface area contributed by atoms with E-state index in [0.717, 1.165) is 31.1 Å². The van der Waals surface area contributed by atoms with Crippen LogP contribution in [0.2, 0.25) is 0 Å². The maximum absolute atomic E-state index is 11.7. The number of nitrogens with zero attached hydrogens (tertiary/aromatic N) is 3. The van der Waals surface area contributed by atoms with Crippen LogP contribution in [0, 0.1) is 6.92 Å². The number of aromatic nitrogens is 2. The standard InChI is InChI=1S/C14H24N4O2S/c1-4-7-15-13-9-14(17-11(3)16-13)18(5-2)12-6-8-21(19,20)10-12/h9,12H,4-8,10H2,1-3H3,(H,15,16,17). The van der Waals surface area contributed by atoms with Gasteiger partial charge >= 0.3 is 0 Å². The van der Waals surface area contributed by atoms with Crippen molar-refractivity contribution in [1.82, 2.24) is 9.97 Å². The van der Waals surface area contributed by atoms with Crippen LogP contribution < -0.4 is 10.2 Å². The molecule has 2 rings (SSSR count). The number of aryl methyl sites for hydroxylation is 1. The van der Waals surface area contributed by atoms with Crippen molar-refractivity contribution in [1.29, 1.82) is 0 Å². The van der Waals surface area contributed by atoms with Gasteiger partial charge in [0, 0.05) is 25.2 Å². The highest BCUT2D eigenvalue weighted by molar-refractivity contribution is 7.91. The van der Waals surface area contributed by atoms with Gasteiger partial charge in [0.25, 0.3) is 0 Å². The topological polar surface area (TPSA) is 75.2 Å². The molecule has 118 valence electrons. The second-order valence-electron chi connectivity index (χ2n) is 5.43. The summed E-state index contributed by atoms with van der Waals surface area (Å²) in [5, 5.41) is 3.27. The van der Waals surface area contributed by atoms with E-state index in [4.69, 9.17) is 0 Å². The minimum atomic E-state index is -2.89. The molecule has 1 saturated heterocycles. The van der Waals surface area contributed by atoms with E-state index in [-0.39, 0.29) is 17.5 Å². The number of hydrogen-bond acceptors (Lipinski definition) is 6. The number of anilines is 2. The molecule has 2 heterocycles. The normalized spacial score (nSPS) is 20.4. The molecular weight excluding hydrogens is 288 g/mol. The molecule has 0 radical (unpaired) electrons. The molecule has 0 saturated carbocycles. The predicted octanol–water partition coefficient (Wildman–Crippen LogP) is 1.62. The van der Waals surface area contributed by atoms with Crippen LogP contribution in [-0.4, -0.2) is 49.0 Å². The van der Waals surface area contributed by atoms with Gasteiger partial charge in [-0.25, -0.2) is 18.4 Å². The summed E-state index contributed by atoms with van der Waals surface area (Å²) in [6.07, 6.45) is 1.70. The number of hydrogen-bond donors (Lipinski definition) is 1. The Balaban J connectivity index is 2.23. The minimum absolute atomic E-state index is 0.0216. The van der Waals surface area contributed by atoms with Gasteiger partial charge in [-0.3, -0.25) is 0 Å². The quantitative estimate of drug-likeness (QED) is 0.860. The van der Waals surface area contributed by atoms with Gasteiger partial charge in [0.1, 0.15) is 17.5 Å². The zero-order valence-corrected chi connectivity index (χ0v) is 13.8. The third kappa shape index (κ3) is 4.06. The van der Waals surface area contributed by atoms with Crippen LogP contribution in [0.1, 0.15) is 32.5 Å². The van der Waals surface area contributed by atoms with Crippen molar-refractivity contribution in [3.05, 3.63) is 11.9 Å². The van der Waals surface area contributed by atoms with Gasteiger partial charge in [-0.05, 0) is 26.7 Å². The van der Waals surface area contributed by atoms with Crippen LogP contribution in [0.5, 0.6) is 0 Å². The zero-order valence-electron chi connectivity index (χ0n) is 13.0. The summed E-state index contributed by atoms with van der Waals surface area (Å²) in [6.45, 7) is 7.59. The van der Waals surface area contributed by atoms with Crippen molar-refractivity contribution in [2.24, 2.45) is 0 Å². The first kappa shape index (κ1) is 16.0. The largest absolute Gasteiger partial charge is 0.370 e. The fourth-order valence-electron chi connectivity index (χ4n) is 2.67. The van der Waals surface area contributed by atoms with Crippen molar-refractivity contribution in [2.45, 2.75) is 39.7 Å². The summed E-state index contributed by atoms with van der Waals surface area (Å²) < 4.78 is 23.4. The molecule has 0 spiro atoms. The smallest absolute Gasteiger partial charge is 0.152 e. The van der Waals surface area contributed by atoms with E-state index in [0.29, 0.717) is 12.2 Å². The fraction of sp³-hybridized carbons (Fsp3) is 0.714. The second kappa shape index (κ2) is 6.60. The van der Waals surface area contributed by atoms with E-state index < -0.39 is 9.84 Å². The Labute approximate surface area is 126 Å². The Morgan fingerprint density at radius 3 is 2.71 bits per heavy atom. The molecule has 0 aromatic carbocycles. The van der Waals surface area contributed by atoms with Gasteiger partial charge in [-0.15, -0.1) is 0 Å². The van der Waals surface area contributed by atoms with Gasteiger partial charge in [0.15, 0.2) is 9.84 Å². The first-order valence-corrected chi connectivity index (χ1v) is 9.34. The van der Waals surface area contributed by atoms with E-state index in [2.05, 4.69) is 27.1 Å². The molecule has 1 N–H and O–H groups in total. The van der Waals surface area contributed by atoms with Crippen molar-refractivity contribution in [2.75, 3.05) is 34.8 Å². The number of nitrogens with one attached hydrogen (secondary N) is 1. The van der Waals surface area contributed by atoms with E-state index in [1.807, 2.05) is 19.9 Å². The van der Waals surface area contributed by atoms with Crippen LogP contribution in [0.25, 0.3) is 0 Å². The summed E-state index contributed by atoms with van der Waals surface area (Å²) >= 11 is 0. The Morgan fingerprint density at radius 1 is 1.38 bits per heavy atom. The molecule has 1 aromatic heterocycles. The van der Waals surface area contributed by atoms with Gasteiger partial charge in [-0.2, -0.15) is 0 Å². The molecule has 0 aliphatic carbocycles. The van der Waals surface area contributed by atoms with Crippen LogP contribution in [0.3, 0.4) is 0 Å². The molecule has 1 fully saturated rings. The molecule has 1 aromatic rings. The first-order valence-electron chi connectivity index (χ1n) is 7.51. The third-order valence-corrected chi connectivity index (χ3v) is 5.42. The number of sulfone groups is 1. The molecule has 0 amide bonds. The summed E-state index contributed by atoms with van der Waals surface area (Å²) in [5.74, 6) is 2.82. The van der Waals surface area contributed by atoms with Gasteiger partial charge in [0.05, 0.1) is 11.5 Å². The average molecular weight is 312 g/mol. The van der Waals surface area contributed by atoms with Crippen LogP contribution in [0.4, 0.5) is 11.6 Å². The SMILES string of the molecule is CCCNc1cc(N(CC)C2CCS(=O)(=O)C2)nc(C)n1. The Kier molecular flexibility index (Phi) is 5.03. The highest BCUT2D eigenvalue weighted by atomic mass is 32.2. The highest BCUT2D eigenvalue weighted by Gasteiger charge is 2.32.